The normalized spacial score (nSPS) is 10.8. The lowest BCUT2D eigenvalue weighted by Crippen LogP contribution is -2.29. The van der Waals surface area contributed by atoms with Crippen molar-refractivity contribution in [3.63, 3.8) is 0 Å². The predicted molar refractivity (Wildman–Crippen MR) is 95.6 cm³/mol. The van der Waals surface area contributed by atoms with Crippen LogP contribution < -0.4 is 5.32 Å². The monoisotopic (exact) mass is 400 g/mol. The van der Waals surface area contributed by atoms with Crippen molar-refractivity contribution in [3.8, 4) is 0 Å². The Morgan fingerprint density at radius 1 is 1.18 bits per heavy atom. The fraction of sp³-hybridized carbons (Fsp3) is 0.188. The van der Waals surface area contributed by atoms with Gasteiger partial charge in [-0.2, -0.15) is 0 Å². The van der Waals surface area contributed by atoms with Crippen molar-refractivity contribution in [2.75, 3.05) is 18.9 Å². The Morgan fingerprint density at radius 2 is 1.86 bits per heavy atom. The minimum Gasteiger partial charge on any atom is -0.324 e. The maximum atomic E-state index is 12.1. The first-order valence-corrected chi connectivity index (χ1v) is 8.17. The summed E-state index contributed by atoms with van der Waals surface area (Å²) in [6, 6.07) is 13.2. The topological polar surface area (TPSA) is 32.3 Å². The van der Waals surface area contributed by atoms with Crippen LogP contribution in [0.4, 0.5) is 5.69 Å². The number of nitrogens with one attached hydrogen (secondary N) is 1. The molecule has 0 bridgehead atoms. The van der Waals surface area contributed by atoms with Crippen LogP contribution in [0.1, 0.15) is 5.56 Å². The average molecular weight is 402 g/mol. The van der Waals surface area contributed by atoms with Gasteiger partial charge in [0.2, 0.25) is 5.91 Å². The van der Waals surface area contributed by atoms with Gasteiger partial charge in [-0.15, -0.1) is 0 Å². The van der Waals surface area contributed by atoms with E-state index >= 15 is 0 Å². The number of benzene rings is 2. The Labute approximate surface area is 148 Å². The molecule has 3 nitrogen and oxygen atoms in total. The molecule has 0 aliphatic carbocycles. The summed E-state index contributed by atoms with van der Waals surface area (Å²) in [5.74, 6) is -0.135. The minimum absolute atomic E-state index is 0.135. The van der Waals surface area contributed by atoms with Gasteiger partial charge in [0.05, 0.1) is 22.3 Å². The molecule has 0 spiro atoms. The molecule has 0 aliphatic heterocycles. The van der Waals surface area contributed by atoms with Crippen molar-refractivity contribution in [1.29, 1.82) is 0 Å². The van der Waals surface area contributed by atoms with Crippen LogP contribution in [0.25, 0.3) is 0 Å². The molecule has 0 atom stereocenters. The first-order valence-electron chi connectivity index (χ1n) is 6.62. The minimum atomic E-state index is -0.135. The molecule has 0 radical (unpaired) electrons. The summed E-state index contributed by atoms with van der Waals surface area (Å²) in [6.07, 6.45) is 0. The van der Waals surface area contributed by atoms with Crippen molar-refractivity contribution < 1.29 is 4.79 Å². The van der Waals surface area contributed by atoms with Gasteiger partial charge < -0.3 is 5.32 Å². The van der Waals surface area contributed by atoms with E-state index in [0.717, 1.165) is 10.0 Å². The van der Waals surface area contributed by atoms with Gasteiger partial charge in [-0.25, -0.2) is 0 Å². The van der Waals surface area contributed by atoms with Gasteiger partial charge in [-0.1, -0.05) is 57.3 Å². The van der Waals surface area contributed by atoms with Crippen LogP contribution in [0.2, 0.25) is 10.0 Å². The summed E-state index contributed by atoms with van der Waals surface area (Å²) in [7, 11) is 1.89. The molecular formula is C16H15BrCl2N2O. The van der Waals surface area contributed by atoms with Gasteiger partial charge in [0.25, 0.3) is 0 Å². The summed E-state index contributed by atoms with van der Waals surface area (Å²) in [6.45, 7) is 0.947. The van der Waals surface area contributed by atoms with Gasteiger partial charge in [-0.05, 0) is 36.9 Å². The van der Waals surface area contributed by atoms with Crippen LogP contribution in [0.3, 0.4) is 0 Å². The number of carbonyl (C=O) groups is 1. The molecule has 0 heterocycles. The molecule has 116 valence electrons. The second-order valence-corrected chi connectivity index (χ2v) is 6.65. The summed E-state index contributed by atoms with van der Waals surface area (Å²) in [5, 5.41) is 3.55. The molecule has 1 N–H and O–H groups in total. The smallest absolute Gasteiger partial charge is 0.238 e. The Morgan fingerprint density at radius 3 is 2.55 bits per heavy atom. The molecule has 0 saturated carbocycles. The lowest BCUT2D eigenvalue weighted by atomic mass is 10.2. The first kappa shape index (κ1) is 17.3. The highest BCUT2D eigenvalue weighted by molar-refractivity contribution is 9.10. The highest BCUT2D eigenvalue weighted by Gasteiger charge is 2.10. The zero-order valence-corrected chi connectivity index (χ0v) is 15.0. The molecule has 0 aliphatic rings. The number of carbonyl (C=O) groups excluding carboxylic acids is 1. The Hall–Kier alpha value is -1.07. The SMILES string of the molecule is CN(CC(=O)Nc1cccc(Cl)c1Cl)Cc1ccc(Br)cc1. The molecular weight excluding hydrogens is 387 g/mol. The van der Waals surface area contributed by atoms with E-state index in [9.17, 15) is 4.79 Å². The maximum absolute atomic E-state index is 12.1. The third-order valence-electron chi connectivity index (χ3n) is 3.00. The van der Waals surface area contributed by atoms with Crippen molar-refractivity contribution in [3.05, 3.63) is 62.5 Å². The predicted octanol–water partition coefficient (Wildman–Crippen LogP) is 4.83. The van der Waals surface area contributed by atoms with Gasteiger partial charge in [0, 0.05) is 11.0 Å². The third kappa shape index (κ3) is 4.99. The van der Waals surface area contributed by atoms with E-state index in [1.54, 1.807) is 18.2 Å². The lowest BCUT2D eigenvalue weighted by Gasteiger charge is -2.17. The second-order valence-electron chi connectivity index (χ2n) is 4.95. The molecule has 2 aromatic rings. The molecule has 1 amide bonds. The second kappa shape index (κ2) is 7.97. The van der Waals surface area contributed by atoms with E-state index in [2.05, 4.69) is 21.2 Å². The van der Waals surface area contributed by atoms with Crippen LogP contribution in [-0.4, -0.2) is 24.4 Å². The quantitative estimate of drug-likeness (QED) is 0.778. The Balaban J connectivity index is 1.91. The van der Waals surface area contributed by atoms with E-state index in [0.29, 0.717) is 22.3 Å². The number of hydrogen-bond donors (Lipinski definition) is 1. The largest absolute Gasteiger partial charge is 0.324 e. The van der Waals surface area contributed by atoms with Gasteiger partial charge in [0.1, 0.15) is 0 Å². The third-order valence-corrected chi connectivity index (χ3v) is 4.35. The molecule has 22 heavy (non-hydrogen) atoms. The summed E-state index contributed by atoms with van der Waals surface area (Å²) in [4.78, 5) is 14.0. The standard InChI is InChI=1S/C16H15BrCl2N2O/c1-21(9-11-5-7-12(17)8-6-11)10-15(22)20-14-4-2-3-13(18)16(14)19/h2-8H,9-10H2,1H3,(H,20,22). The zero-order chi connectivity index (χ0) is 16.1. The summed E-state index contributed by atoms with van der Waals surface area (Å²) >= 11 is 15.4. The average Bonchev–Trinajstić information content (AvgIpc) is 2.46. The number of likely N-dealkylation sites (N-methyl/N-ethyl adjacent to an activating group) is 1. The maximum Gasteiger partial charge on any atom is 0.238 e. The van der Waals surface area contributed by atoms with E-state index in [-0.39, 0.29) is 12.5 Å². The fourth-order valence-electron chi connectivity index (χ4n) is 1.99. The number of amides is 1. The molecule has 0 unspecified atom stereocenters. The lowest BCUT2D eigenvalue weighted by molar-refractivity contribution is -0.117. The van der Waals surface area contributed by atoms with E-state index in [1.165, 1.54) is 0 Å². The number of rotatable bonds is 5. The van der Waals surface area contributed by atoms with Crippen molar-refractivity contribution >= 4 is 50.7 Å². The number of halogens is 3. The molecule has 0 fully saturated rings. The zero-order valence-electron chi connectivity index (χ0n) is 11.9. The van der Waals surface area contributed by atoms with Gasteiger partial charge in [0.15, 0.2) is 0 Å². The number of nitrogens with zero attached hydrogens (tertiary/aromatic N) is 1. The fourth-order valence-corrected chi connectivity index (χ4v) is 2.60. The molecule has 2 rings (SSSR count). The number of hydrogen-bond acceptors (Lipinski definition) is 2. The molecule has 6 heteroatoms. The Kier molecular flexibility index (Phi) is 6.26. The molecule has 2 aromatic carbocycles. The highest BCUT2D eigenvalue weighted by Crippen LogP contribution is 2.29. The van der Waals surface area contributed by atoms with Crippen LogP contribution in [-0.2, 0) is 11.3 Å². The Bertz CT molecular complexity index is 662. The molecule has 0 aromatic heterocycles. The van der Waals surface area contributed by atoms with Crippen molar-refractivity contribution in [1.82, 2.24) is 4.90 Å². The van der Waals surface area contributed by atoms with Gasteiger partial charge >= 0.3 is 0 Å². The highest BCUT2D eigenvalue weighted by atomic mass is 79.9. The van der Waals surface area contributed by atoms with Crippen LogP contribution in [0, 0.1) is 0 Å². The van der Waals surface area contributed by atoms with E-state index in [1.807, 2.05) is 36.2 Å². The van der Waals surface area contributed by atoms with Crippen LogP contribution in [0.5, 0.6) is 0 Å². The van der Waals surface area contributed by atoms with Crippen molar-refractivity contribution in [2.24, 2.45) is 0 Å². The van der Waals surface area contributed by atoms with Crippen LogP contribution >= 0.6 is 39.1 Å². The van der Waals surface area contributed by atoms with E-state index in [4.69, 9.17) is 23.2 Å². The summed E-state index contributed by atoms with van der Waals surface area (Å²) in [5.41, 5.74) is 1.66. The van der Waals surface area contributed by atoms with Crippen molar-refractivity contribution in [2.45, 2.75) is 6.54 Å². The summed E-state index contributed by atoms with van der Waals surface area (Å²) < 4.78 is 1.03. The first-order chi connectivity index (χ1) is 10.5. The number of anilines is 1. The van der Waals surface area contributed by atoms with Crippen LogP contribution in [0.15, 0.2) is 46.9 Å². The molecule has 0 saturated heterocycles. The van der Waals surface area contributed by atoms with E-state index < -0.39 is 0 Å². The van der Waals surface area contributed by atoms with Gasteiger partial charge in [-0.3, -0.25) is 9.69 Å².